The number of anilines is 4. The lowest BCUT2D eigenvalue weighted by molar-refractivity contribution is -0.137. The number of hydrogen-bond acceptors (Lipinski definition) is 9. The lowest BCUT2D eigenvalue weighted by atomic mass is 10.1. The average Bonchev–Trinajstić information content (AvgIpc) is 3.48. The smallest absolute Gasteiger partial charge is 0.418 e. The third kappa shape index (κ3) is 4.27. The first-order valence-corrected chi connectivity index (χ1v) is 12.8. The molecule has 2 fully saturated rings. The number of fused-ring (bicyclic) bond motifs is 3. The van der Waals surface area contributed by atoms with E-state index in [9.17, 15) is 13.2 Å². The molecule has 2 aromatic carbocycles. The summed E-state index contributed by atoms with van der Waals surface area (Å²) in [5.74, 6) is -0.000465. The minimum atomic E-state index is -4.47. The van der Waals surface area contributed by atoms with Crippen LogP contribution in [-0.2, 0) is 11.0 Å². The Morgan fingerprint density at radius 3 is 2.68 bits per heavy atom. The maximum Gasteiger partial charge on any atom is 0.418 e. The van der Waals surface area contributed by atoms with Crippen LogP contribution in [0.1, 0.15) is 25.8 Å². The molecule has 4 heterocycles. The summed E-state index contributed by atoms with van der Waals surface area (Å²) in [5, 5.41) is 6.44. The molecule has 0 saturated carbocycles. The fourth-order valence-electron chi connectivity index (χ4n) is 5.31. The molecule has 2 aromatic rings. The zero-order valence-electron chi connectivity index (χ0n) is 21.2. The van der Waals surface area contributed by atoms with Crippen molar-refractivity contribution in [2.45, 2.75) is 32.4 Å². The Morgan fingerprint density at radius 2 is 1.92 bits per heavy atom. The van der Waals surface area contributed by atoms with Gasteiger partial charge in [-0.15, -0.1) is 0 Å². The van der Waals surface area contributed by atoms with E-state index < -0.39 is 17.7 Å². The number of piperazine rings is 1. The molecular weight excluding hydrogens is 499 g/mol. The quantitative estimate of drug-likeness (QED) is 0.509. The van der Waals surface area contributed by atoms with Gasteiger partial charge in [-0.25, -0.2) is 15.3 Å². The molecule has 38 heavy (non-hydrogen) atoms. The minimum absolute atomic E-state index is 0.151. The van der Waals surface area contributed by atoms with Crippen LogP contribution in [0.2, 0.25) is 0 Å². The Balaban J connectivity index is 1.34. The van der Waals surface area contributed by atoms with Crippen LogP contribution in [0, 0.1) is 0 Å². The lowest BCUT2D eigenvalue weighted by Gasteiger charge is -2.38. The van der Waals surface area contributed by atoms with Gasteiger partial charge in [0, 0.05) is 43.7 Å². The Kier molecular flexibility index (Phi) is 6.03. The molecule has 3 N–H and O–H groups in total. The van der Waals surface area contributed by atoms with Crippen LogP contribution >= 0.6 is 0 Å². The molecule has 0 amide bonds. The molecule has 202 valence electrons. The van der Waals surface area contributed by atoms with E-state index >= 15 is 0 Å². The van der Waals surface area contributed by atoms with Crippen molar-refractivity contribution < 1.29 is 22.7 Å². The largest absolute Gasteiger partial charge is 0.471 e. The van der Waals surface area contributed by atoms with Gasteiger partial charge in [0.2, 0.25) is 0 Å². The molecule has 9 nitrogen and oxygen atoms in total. The lowest BCUT2D eigenvalue weighted by Crippen LogP contribution is -2.51. The standard InChI is InChI=1S/C26H30F3N7O2/c1-3-8-34-9-11-35(12-10-34)22-13-18(4-6-20(22)25(27,28)29)32-26-31-15-17(2)24(33-38-26)36(26)19-5-7-23-21(14-19)30-16-37-23/h4-7,13-15,30,32-33H,3,8-12,16H2,1-2H3. The van der Waals surface area contributed by atoms with Gasteiger partial charge in [0.05, 0.1) is 22.6 Å². The van der Waals surface area contributed by atoms with E-state index in [0.717, 1.165) is 54.8 Å². The van der Waals surface area contributed by atoms with Crippen molar-refractivity contribution in [3.8, 4) is 5.75 Å². The van der Waals surface area contributed by atoms with E-state index in [-0.39, 0.29) is 5.69 Å². The molecule has 0 aromatic heterocycles. The predicted molar refractivity (Wildman–Crippen MR) is 140 cm³/mol. The number of nitrogens with zero attached hydrogens (tertiary/aromatic N) is 4. The van der Waals surface area contributed by atoms with Crippen LogP contribution in [0.4, 0.5) is 35.9 Å². The topological polar surface area (TPSA) is 76.6 Å². The number of hydrogen-bond donors (Lipinski definition) is 3. The second-order valence-electron chi connectivity index (χ2n) is 9.77. The van der Waals surface area contributed by atoms with Gasteiger partial charge in [-0.1, -0.05) is 6.92 Å². The summed E-state index contributed by atoms with van der Waals surface area (Å²) in [4.78, 5) is 16.6. The molecule has 0 radical (unpaired) electrons. The van der Waals surface area contributed by atoms with Gasteiger partial charge in [0.1, 0.15) is 11.6 Å². The van der Waals surface area contributed by atoms with E-state index in [4.69, 9.17) is 9.57 Å². The summed E-state index contributed by atoms with van der Waals surface area (Å²) < 4.78 is 47.6. The van der Waals surface area contributed by atoms with Gasteiger partial charge >= 0.3 is 12.1 Å². The summed E-state index contributed by atoms with van der Waals surface area (Å²) in [6, 6.07) is 9.78. The normalized spacial score (nSPS) is 22.8. The molecule has 1 unspecified atom stereocenters. The van der Waals surface area contributed by atoms with Gasteiger partial charge in [0.25, 0.3) is 0 Å². The first-order chi connectivity index (χ1) is 18.3. The average molecular weight is 530 g/mol. The first kappa shape index (κ1) is 24.7. The van der Waals surface area contributed by atoms with Crippen molar-refractivity contribution in [2.75, 3.05) is 59.9 Å². The molecule has 12 heteroatoms. The van der Waals surface area contributed by atoms with Crippen LogP contribution in [0.5, 0.6) is 5.75 Å². The van der Waals surface area contributed by atoms with Crippen molar-refractivity contribution in [2.24, 2.45) is 4.99 Å². The molecule has 0 spiro atoms. The van der Waals surface area contributed by atoms with E-state index in [1.54, 1.807) is 12.3 Å². The summed E-state index contributed by atoms with van der Waals surface area (Å²) in [7, 11) is 0. The fourth-order valence-corrected chi connectivity index (χ4v) is 5.31. The predicted octanol–water partition coefficient (Wildman–Crippen LogP) is 4.38. The van der Waals surface area contributed by atoms with Crippen molar-refractivity contribution in [1.29, 1.82) is 0 Å². The summed E-state index contributed by atoms with van der Waals surface area (Å²) in [6.07, 6.45) is -1.77. The second kappa shape index (κ2) is 9.28. The zero-order valence-corrected chi connectivity index (χ0v) is 21.2. The number of alkyl halides is 3. The van der Waals surface area contributed by atoms with Crippen LogP contribution in [0.25, 0.3) is 0 Å². The monoisotopic (exact) mass is 529 g/mol. The van der Waals surface area contributed by atoms with E-state index in [2.05, 4.69) is 32.9 Å². The van der Waals surface area contributed by atoms with E-state index in [0.29, 0.717) is 31.3 Å². The highest BCUT2D eigenvalue weighted by Crippen LogP contribution is 2.44. The van der Waals surface area contributed by atoms with Crippen molar-refractivity contribution in [3.05, 3.63) is 53.4 Å². The zero-order chi connectivity index (χ0) is 26.5. The highest BCUT2D eigenvalue weighted by Gasteiger charge is 2.50. The second-order valence-corrected chi connectivity index (χ2v) is 9.77. The SMILES string of the molecule is CCCN1CCN(c2cc(NC34N=CC(C)=C(NO3)N4c3ccc4c(c3)NCO4)ccc2C(F)(F)F)CC1. The van der Waals surface area contributed by atoms with Gasteiger partial charge in [-0.2, -0.15) is 13.2 Å². The fraction of sp³-hybridized carbons (Fsp3) is 0.423. The summed E-state index contributed by atoms with van der Waals surface area (Å²) in [6.45, 7) is 7.84. The molecular formula is C26H30F3N7O2. The van der Waals surface area contributed by atoms with Gasteiger partial charge in [-0.3, -0.25) is 9.80 Å². The molecule has 4 aliphatic rings. The van der Waals surface area contributed by atoms with Crippen molar-refractivity contribution in [3.63, 3.8) is 0 Å². The van der Waals surface area contributed by atoms with E-state index in [1.807, 2.05) is 34.9 Å². The molecule has 2 saturated heterocycles. The number of benzene rings is 2. The minimum Gasteiger partial charge on any atom is -0.471 e. The number of hydroxylamine groups is 1. The van der Waals surface area contributed by atoms with Crippen molar-refractivity contribution >= 4 is 29.0 Å². The maximum absolute atomic E-state index is 14.0. The third-order valence-corrected chi connectivity index (χ3v) is 7.20. The first-order valence-electron chi connectivity index (χ1n) is 12.8. The highest BCUT2D eigenvalue weighted by atomic mass is 19.4. The third-order valence-electron chi connectivity index (χ3n) is 7.20. The van der Waals surface area contributed by atoms with Crippen molar-refractivity contribution in [1.82, 2.24) is 10.4 Å². The number of rotatable bonds is 6. The molecule has 1 atom stereocenters. The number of aliphatic imine (C=N–C) groups is 1. The molecule has 0 aliphatic carbocycles. The van der Waals surface area contributed by atoms with Gasteiger partial charge in [-0.05, 0) is 56.3 Å². The number of ether oxygens (including phenoxy) is 1. The van der Waals surface area contributed by atoms with Gasteiger partial charge in [0.15, 0.2) is 6.73 Å². The maximum atomic E-state index is 14.0. The summed E-state index contributed by atoms with van der Waals surface area (Å²) in [5.41, 5.74) is 5.35. The number of halogens is 3. The molecule has 4 aliphatic heterocycles. The number of nitrogens with one attached hydrogen (secondary N) is 3. The number of allylic oxidation sites excluding steroid dienone is 1. The Morgan fingerprint density at radius 1 is 1.11 bits per heavy atom. The van der Waals surface area contributed by atoms with Crippen LogP contribution in [-0.4, -0.2) is 56.5 Å². The molecule has 2 bridgehead atoms. The highest BCUT2D eigenvalue weighted by molar-refractivity contribution is 5.85. The Hall–Kier alpha value is -3.64. The van der Waals surface area contributed by atoms with E-state index in [1.165, 1.54) is 6.07 Å². The van der Waals surface area contributed by atoms with Gasteiger partial charge < -0.3 is 20.3 Å². The van der Waals surface area contributed by atoms with Crippen LogP contribution in [0.3, 0.4) is 0 Å². The van der Waals surface area contributed by atoms with Crippen LogP contribution < -0.4 is 30.7 Å². The Labute approximate surface area is 218 Å². The van der Waals surface area contributed by atoms with Crippen LogP contribution in [0.15, 0.2) is 52.8 Å². The molecule has 6 rings (SSSR count). The summed E-state index contributed by atoms with van der Waals surface area (Å²) >= 11 is 0. The Bertz CT molecular complexity index is 1290.